The maximum atomic E-state index is 13.1. The molecule has 0 radical (unpaired) electrons. The van der Waals surface area contributed by atoms with Gasteiger partial charge in [0.2, 0.25) is 5.89 Å². The van der Waals surface area contributed by atoms with Crippen molar-refractivity contribution in [1.29, 1.82) is 0 Å². The number of amides is 1. The first kappa shape index (κ1) is 20.1. The maximum Gasteiger partial charge on any atom is 0.291 e. The standard InChI is InChI=1S/C24H14FN3O5/c25-15-7-5-14(6-8-15)24-27-18-13-16(9-10-21(18)33-24)26-23(29)22-12-11-20(32-22)17-3-1-2-4-19(17)28(30)31/h1-13H,(H,26,29). The molecular weight excluding hydrogens is 429 g/mol. The molecule has 0 aliphatic heterocycles. The van der Waals surface area contributed by atoms with Gasteiger partial charge in [-0.3, -0.25) is 14.9 Å². The van der Waals surface area contributed by atoms with E-state index in [0.717, 1.165) is 0 Å². The summed E-state index contributed by atoms with van der Waals surface area (Å²) in [6, 6.07) is 19.8. The molecule has 162 valence electrons. The molecule has 0 saturated heterocycles. The van der Waals surface area contributed by atoms with Crippen molar-refractivity contribution < 1.29 is 22.9 Å². The number of hydrogen-bond acceptors (Lipinski definition) is 6. The van der Waals surface area contributed by atoms with Crippen LogP contribution in [0.4, 0.5) is 15.8 Å². The van der Waals surface area contributed by atoms with Gasteiger partial charge in [0.15, 0.2) is 11.3 Å². The number of carbonyl (C=O) groups is 1. The summed E-state index contributed by atoms with van der Waals surface area (Å²) in [7, 11) is 0. The molecule has 0 atom stereocenters. The van der Waals surface area contributed by atoms with E-state index >= 15 is 0 Å². The van der Waals surface area contributed by atoms with Crippen molar-refractivity contribution in [3.05, 3.63) is 101 Å². The highest BCUT2D eigenvalue weighted by atomic mass is 19.1. The number of benzene rings is 3. The lowest BCUT2D eigenvalue weighted by Crippen LogP contribution is -2.10. The molecule has 8 nitrogen and oxygen atoms in total. The molecular formula is C24H14FN3O5. The molecule has 5 aromatic rings. The van der Waals surface area contributed by atoms with Gasteiger partial charge in [0.05, 0.1) is 10.5 Å². The normalized spacial score (nSPS) is 10.9. The average molecular weight is 443 g/mol. The van der Waals surface area contributed by atoms with Gasteiger partial charge < -0.3 is 14.2 Å². The van der Waals surface area contributed by atoms with Gasteiger partial charge in [0.1, 0.15) is 17.1 Å². The zero-order valence-corrected chi connectivity index (χ0v) is 16.8. The fourth-order valence-corrected chi connectivity index (χ4v) is 3.36. The summed E-state index contributed by atoms with van der Waals surface area (Å²) in [6.45, 7) is 0. The third-order valence-electron chi connectivity index (χ3n) is 4.93. The third-order valence-corrected chi connectivity index (χ3v) is 4.93. The lowest BCUT2D eigenvalue weighted by atomic mass is 10.1. The number of aromatic nitrogens is 1. The summed E-state index contributed by atoms with van der Waals surface area (Å²) < 4.78 is 24.4. The lowest BCUT2D eigenvalue weighted by molar-refractivity contribution is -0.384. The molecule has 0 aliphatic rings. The summed E-state index contributed by atoms with van der Waals surface area (Å²) >= 11 is 0. The number of fused-ring (bicyclic) bond motifs is 1. The molecule has 0 saturated carbocycles. The fraction of sp³-hybridized carbons (Fsp3) is 0. The van der Waals surface area contributed by atoms with Crippen LogP contribution in [0.5, 0.6) is 0 Å². The van der Waals surface area contributed by atoms with Crippen LogP contribution in [-0.4, -0.2) is 15.8 Å². The number of oxazole rings is 1. The number of nitrogens with zero attached hydrogens (tertiary/aromatic N) is 2. The van der Waals surface area contributed by atoms with E-state index in [1.54, 1.807) is 48.5 Å². The van der Waals surface area contributed by atoms with E-state index < -0.39 is 10.8 Å². The molecule has 0 unspecified atom stereocenters. The first-order valence-corrected chi connectivity index (χ1v) is 9.79. The van der Waals surface area contributed by atoms with E-state index in [1.165, 1.54) is 30.3 Å². The Labute approximate surface area is 185 Å². The SMILES string of the molecule is O=C(Nc1ccc2oc(-c3ccc(F)cc3)nc2c1)c1ccc(-c2ccccc2[N+](=O)[O-])o1. The number of halogens is 1. The van der Waals surface area contributed by atoms with Gasteiger partial charge in [-0.15, -0.1) is 0 Å². The number of anilines is 1. The minimum atomic E-state index is -0.526. The van der Waals surface area contributed by atoms with E-state index in [1.807, 2.05) is 0 Å². The molecule has 0 bridgehead atoms. The predicted molar refractivity (Wildman–Crippen MR) is 118 cm³/mol. The summed E-state index contributed by atoms with van der Waals surface area (Å²) in [5.41, 5.74) is 2.24. The minimum absolute atomic E-state index is 0.00426. The first-order valence-electron chi connectivity index (χ1n) is 9.79. The highest BCUT2D eigenvalue weighted by Gasteiger charge is 2.19. The Morgan fingerprint density at radius 2 is 1.76 bits per heavy atom. The van der Waals surface area contributed by atoms with Gasteiger partial charge >= 0.3 is 0 Å². The zero-order valence-electron chi connectivity index (χ0n) is 16.8. The average Bonchev–Trinajstić information content (AvgIpc) is 3.47. The Bertz CT molecular complexity index is 1500. The number of para-hydroxylation sites is 1. The van der Waals surface area contributed by atoms with Crippen LogP contribution in [-0.2, 0) is 0 Å². The topological polar surface area (TPSA) is 111 Å². The quantitative estimate of drug-likeness (QED) is 0.261. The molecule has 5 rings (SSSR count). The maximum absolute atomic E-state index is 13.1. The Morgan fingerprint density at radius 1 is 0.970 bits per heavy atom. The number of carbonyl (C=O) groups excluding carboxylic acids is 1. The number of nitrogens with one attached hydrogen (secondary N) is 1. The monoisotopic (exact) mass is 443 g/mol. The predicted octanol–water partition coefficient (Wildman–Crippen LogP) is 6.05. The number of nitro benzene ring substituents is 1. The fourth-order valence-electron chi connectivity index (χ4n) is 3.36. The molecule has 1 amide bonds. The lowest BCUT2D eigenvalue weighted by Gasteiger charge is -2.03. The smallest absolute Gasteiger partial charge is 0.291 e. The second-order valence-electron chi connectivity index (χ2n) is 7.10. The van der Waals surface area contributed by atoms with Gasteiger partial charge in [0, 0.05) is 17.3 Å². The summed E-state index contributed by atoms with van der Waals surface area (Å²) in [5.74, 6) is -0.350. The van der Waals surface area contributed by atoms with Gasteiger partial charge in [-0.1, -0.05) is 12.1 Å². The van der Waals surface area contributed by atoms with Crippen LogP contribution in [0.15, 0.2) is 87.7 Å². The molecule has 3 aromatic carbocycles. The van der Waals surface area contributed by atoms with Gasteiger partial charge in [-0.05, 0) is 60.7 Å². The molecule has 0 spiro atoms. The van der Waals surface area contributed by atoms with Crippen molar-refractivity contribution in [2.45, 2.75) is 0 Å². The molecule has 0 fully saturated rings. The number of nitro groups is 1. The number of rotatable bonds is 5. The van der Waals surface area contributed by atoms with E-state index in [4.69, 9.17) is 8.83 Å². The van der Waals surface area contributed by atoms with E-state index in [2.05, 4.69) is 10.3 Å². The van der Waals surface area contributed by atoms with Crippen molar-refractivity contribution in [2.24, 2.45) is 0 Å². The van der Waals surface area contributed by atoms with Crippen molar-refractivity contribution in [1.82, 2.24) is 4.98 Å². The molecule has 33 heavy (non-hydrogen) atoms. The molecule has 2 aromatic heterocycles. The molecule has 9 heteroatoms. The van der Waals surface area contributed by atoms with Crippen LogP contribution in [0.2, 0.25) is 0 Å². The van der Waals surface area contributed by atoms with Crippen molar-refractivity contribution in [2.75, 3.05) is 5.32 Å². The third kappa shape index (κ3) is 3.94. The second kappa shape index (κ2) is 8.04. The van der Waals surface area contributed by atoms with Crippen LogP contribution >= 0.6 is 0 Å². The number of furan rings is 1. The Morgan fingerprint density at radius 3 is 2.55 bits per heavy atom. The summed E-state index contributed by atoms with van der Waals surface area (Å²) in [5, 5.41) is 14.0. The van der Waals surface area contributed by atoms with Crippen LogP contribution in [0.1, 0.15) is 10.6 Å². The van der Waals surface area contributed by atoms with Gasteiger partial charge in [-0.25, -0.2) is 9.37 Å². The van der Waals surface area contributed by atoms with Crippen LogP contribution in [0, 0.1) is 15.9 Å². The summed E-state index contributed by atoms with van der Waals surface area (Å²) in [6.07, 6.45) is 0. The highest BCUT2D eigenvalue weighted by Crippen LogP contribution is 2.31. The van der Waals surface area contributed by atoms with Crippen LogP contribution in [0.3, 0.4) is 0 Å². The van der Waals surface area contributed by atoms with Crippen molar-refractivity contribution in [3.63, 3.8) is 0 Å². The summed E-state index contributed by atoms with van der Waals surface area (Å²) in [4.78, 5) is 27.8. The molecule has 2 heterocycles. The second-order valence-corrected chi connectivity index (χ2v) is 7.10. The highest BCUT2D eigenvalue weighted by molar-refractivity contribution is 6.03. The van der Waals surface area contributed by atoms with E-state index in [-0.39, 0.29) is 28.6 Å². The molecule has 0 aliphatic carbocycles. The van der Waals surface area contributed by atoms with E-state index in [9.17, 15) is 19.3 Å². The first-order chi connectivity index (χ1) is 16.0. The largest absolute Gasteiger partial charge is 0.451 e. The molecule has 1 N–H and O–H groups in total. The minimum Gasteiger partial charge on any atom is -0.451 e. The van der Waals surface area contributed by atoms with Crippen LogP contribution < -0.4 is 5.32 Å². The van der Waals surface area contributed by atoms with Crippen molar-refractivity contribution in [3.8, 4) is 22.8 Å². The Balaban J connectivity index is 1.37. The van der Waals surface area contributed by atoms with Crippen molar-refractivity contribution >= 4 is 28.4 Å². The Kier molecular flexibility index (Phi) is 4.91. The zero-order chi connectivity index (χ0) is 22.9. The number of hydrogen-bond donors (Lipinski definition) is 1. The van der Waals surface area contributed by atoms with Gasteiger partial charge in [0.25, 0.3) is 11.6 Å². The van der Waals surface area contributed by atoms with Gasteiger partial charge in [-0.2, -0.15) is 0 Å². The Hall–Kier alpha value is -4.79. The van der Waals surface area contributed by atoms with Crippen LogP contribution in [0.25, 0.3) is 33.9 Å². The van der Waals surface area contributed by atoms with E-state index in [0.29, 0.717) is 28.2 Å².